The molecule has 102 valence electrons. The summed E-state index contributed by atoms with van der Waals surface area (Å²) in [7, 11) is 0. The molecule has 2 N–H and O–H groups in total. The fraction of sp³-hybridized carbons (Fsp3) is 0.0769. The Labute approximate surface area is 137 Å². The number of halogens is 2. The molecule has 0 aliphatic rings. The first-order valence-corrected chi connectivity index (χ1v) is 8.12. The van der Waals surface area contributed by atoms with Crippen LogP contribution in [-0.4, -0.2) is 9.97 Å². The lowest BCUT2D eigenvalue weighted by atomic mass is 10.3. The van der Waals surface area contributed by atoms with Crippen molar-refractivity contribution in [2.75, 3.05) is 5.32 Å². The number of benzene rings is 1. The molecular formula is C13H9ClIN3OS. The van der Waals surface area contributed by atoms with Crippen LogP contribution in [0.2, 0.25) is 5.02 Å². The summed E-state index contributed by atoms with van der Waals surface area (Å²) >= 11 is 9.74. The highest BCUT2D eigenvalue weighted by atomic mass is 127. The average Bonchev–Trinajstić information content (AvgIpc) is 2.86. The van der Waals surface area contributed by atoms with Gasteiger partial charge in [0, 0.05) is 3.57 Å². The number of rotatable bonds is 3. The molecule has 0 amide bonds. The molecule has 3 aromatic rings. The van der Waals surface area contributed by atoms with E-state index in [4.69, 9.17) is 11.6 Å². The van der Waals surface area contributed by atoms with E-state index in [1.54, 1.807) is 0 Å². The van der Waals surface area contributed by atoms with Gasteiger partial charge in [-0.15, -0.1) is 11.3 Å². The summed E-state index contributed by atoms with van der Waals surface area (Å²) in [5, 5.41) is 5.69. The van der Waals surface area contributed by atoms with Gasteiger partial charge in [0.1, 0.15) is 10.5 Å². The molecule has 0 fully saturated rings. The first-order chi connectivity index (χ1) is 9.63. The molecule has 0 bridgehead atoms. The zero-order valence-corrected chi connectivity index (χ0v) is 13.8. The van der Waals surface area contributed by atoms with E-state index in [2.05, 4.69) is 37.9 Å². The fourth-order valence-electron chi connectivity index (χ4n) is 1.82. The summed E-state index contributed by atoms with van der Waals surface area (Å²) in [5.74, 6) is 0.593. The Morgan fingerprint density at radius 2 is 2.25 bits per heavy atom. The topological polar surface area (TPSA) is 57.8 Å². The number of thiophene rings is 1. The van der Waals surface area contributed by atoms with Gasteiger partial charge < -0.3 is 10.3 Å². The Bertz CT molecular complexity index is 830. The van der Waals surface area contributed by atoms with E-state index in [9.17, 15) is 4.79 Å². The SMILES string of the molecule is O=c1[nH]c(CNc2ccc(I)cc2Cl)nc2ccsc12. The zero-order valence-electron chi connectivity index (χ0n) is 10.1. The number of nitrogens with one attached hydrogen (secondary N) is 2. The molecule has 2 heterocycles. The Kier molecular flexibility index (Phi) is 3.95. The van der Waals surface area contributed by atoms with E-state index < -0.39 is 0 Å². The van der Waals surface area contributed by atoms with Crippen molar-refractivity contribution in [1.82, 2.24) is 9.97 Å². The smallest absolute Gasteiger partial charge is 0.268 e. The lowest BCUT2D eigenvalue weighted by Crippen LogP contribution is -2.13. The highest BCUT2D eigenvalue weighted by Crippen LogP contribution is 2.24. The minimum absolute atomic E-state index is 0.101. The van der Waals surface area contributed by atoms with E-state index in [0.29, 0.717) is 22.1 Å². The van der Waals surface area contributed by atoms with E-state index in [0.717, 1.165) is 14.8 Å². The summed E-state index contributed by atoms with van der Waals surface area (Å²) < 4.78 is 1.73. The standard InChI is InChI=1S/C13H9ClIN3OS/c14-8-5-7(15)1-2-9(8)16-6-11-17-10-3-4-20-12(10)13(19)18-11/h1-5,16H,6H2,(H,17,18,19). The van der Waals surface area contributed by atoms with E-state index in [1.807, 2.05) is 29.6 Å². The summed E-state index contributed by atoms with van der Waals surface area (Å²) in [5.41, 5.74) is 1.44. The number of hydrogen-bond acceptors (Lipinski definition) is 4. The third kappa shape index (κ3) is 2.82. The lowest BCUT2D eigenvalue weighted by Gasteiger charge is -2.08. The minimum atomic E-state index is -0.101. The molecule has 0 unspecified atom stereocenters. The Morgan fingerprint density at radius 3 is 3.05 bits per heavy atom. The van der Waals surface area contributed by atoms with Gasteiger partial charge in [-0.1, -0.05) is 11.6 Å². The number of aromatic amines is 1. The molecule has 0 atom stereocenters. The maximum absolute atomic E-state index is 11.8. The van der Waals surface area contributed by atoms with Gasteiger partial charge in [0.15, 0.2) is 0 Å². The fourth-order valence-corrected chi connectivity index (χ4v) is 3.47. The monoisotopic (exact) mass is 417 g/mol. The molecule has 7 heteroatoms. The van der Waals surface area contributed by atoms with Crippen LogP contribution in [0.25, 0.3) is 10.2 Å². The van der Waals surface area contributed by atoms with E-state index in [1.165, 1.54) is 11.3 Å². The van der Waals surface area contributed by atoms with Gasteiger partial charge in [0.2, 0.25) is 0 Å². The third-order valence-electron chi connectivity index (χ3n) is 2.74. The van der Waals surface area contributed by atoms with Crippen LogP contribution in [0.5, 0.6) is 0 Å². The van der Waals surface area contributed by atoms with E-state index >= 15 is 0 Å². The predicted molar refractivity (Wildman–Crippen MR) is 91.7 cm³/mol. The maximum Gasteiger partial charge on any atom is 0.268 e. The average molecular weight is 418 g/mol. The van der Waals surface area contributed by atoms with Gasteiger partial charge in [-0.25, -0.2) is 4.98 Å². The predicted octanol–water partition coefficient (Wildman–Crippen LogP) is 3.85. The number of aromatic nitrogens is 2. The minimum Gasteiger partial charge on any atom is -0.377 e. The second-order valence-corrected chi connectivity index (χ2v) is 6.69. The van der Waals surface area contributed by atoms with Crippen LogP contribution in [0.3, 0.4) is 0 Å². The largest absolute Gasteiger partial charge is 0.377 e. The first kappa shape index (κ1) is 13.8. The summed E-state index contributed by atoms with van der Waals surface area (Å²) in [6.07, 6.45) is 0. The van der Waals surface area contributed by atoms with Crippen molar-refractivity contribution in [3.63, 3.8) is 0 Å². The van der Waals surface area contributed by atoms with Crippen LogP contribution in [0.4, 0.5) is 5.69 Å². The van der Waals surface area contributed by atoms with Crippen LogP contribution in [-0.2, 0) is 6.54 Å². The lowest BCUT2D eigenvalue weighted by molar-refractivity contribution is 0.956. The molecule has 0 saturated carbocycles. The van der Waals surface area contributed by atoms with Gasteiger partial charge in [0.25, 0.3) is 5.56 Å². The van der Waals surface area contributed by atoms with Crippen LogP contribution < -0.4 is 10.9 Å². The van der Waals surface area contributed by atoms with Crippen molar-refractivity contribution in [3.05, 3.63) is 54.4 Å². The molecule has 1 aromatic carbocycles. The van der Waals surface area contributed by atoms with Crippen LogP contribution in [0.15, 0.2) is 34.4 Å². The highest BCUT2D eigenvalue weighted by Gasteiger charge is 2.06. The number of fused-ring (bicyclic) bond motifs is 1. The second kappa shape index (κ2) is 5.71. The molecule has 4 nitrogen and oxygen atoms in total. The second-order valence-electron chi connectivity index (χ2n) is 4.13. The molecule has 0 spiro atoms. The van der Waals surface area contributed by atoms with Gasteiger partial charge in [-0.3, -0.25) is 4.79 Å². The first-order valence-electron chi connectivity index (χ1n) is 5.79. The number of H-pyrrole nitrogens is 1. The summed E-state index contributed by atoms with van der Waals surface area (Å²) in [4.78, 5) is 19.0. The van der Waals surface area contributed by atoms with Gasteiger partial charge in [-0.05, 0) is 52.2 Å². The number of anilines is 1. The van der Waals surface area contributed by atoms with Crippen LogP contribution >= 0.6 is 45.5 Å². The molecule has 0 radical (unpaired) electrons. The molecule has 0 aliphatic heterocycles. The Balaban J connectivity index is 1.84. The molecule has 2 aromatic heterocycles. The van der Waals surface area contributed by atoms with Crippen LogP contribution in [0.1, 0.15) is 5.82 Å². The van der Waals surface area contributed by atoms with E-state index in [-0.39, 0.29) is 5.56 Å². The van der Waals surface area contributed by atoms with Gasteiger partial charge in [-0.2, -0.15) is 0 Å². The quantitative estimate of drug-likeness (QED) is 0.636. The normalized spacial score (nSPS) is 10.9. The van der Waals surface area contributed by atoms with Crippen molar-refractivity contribution >= 4 is 61.4 Å². The number of hydrogen-bond donors (Lipinski definition) is 2. The Hall–Kier alpha value is -1.12. The van der Waals surface area contributed by atoms with Crippen molar-refractivity contribution in [3.8, 4) is 0 Å². The summed E-state index contributed by atoms with van der Waals surface area (Å²) in [6, 6.07) is 7.59. The molecule has 20 heavy (non-hydrogen) atoms. The van der Waals surface area contributed by atoms with Crippen molar-refractivity contribution in [2.24, 2.45) is 0 Å². The van der Waals surface area contributed by atoms with Gasteiger partial charge in [0.05, 0.1) is 22.8 Å². The summed E-state index contributed by atoms with van der Waals surface area (Å²) in [6.45, 7) is 0.418. The molecule has 3 rings (SSSR count). The highest BCUT2D eigenvalue weighted by molar-refractivity contribution is 14.1. The number of nitrogens with zero attached hydrogens (tertiary/aromatic N) is 1. The van der Waals surface area contributed by atoms with Crippen molar-refractivity contribution in [1.29, 1.82) is 0 Å². The van der Waals surface area contributed by atoms with Gasteiger partial charge >= 0.3 is 0 Å². The van der Waals surface area contributed by atoms with Crippen LogP contribution in [0, 0.1) is 3.57 Å². The Morgan fingerprint density at radius 1 is 1.40 bits per heavy atom. The zero-order chi connectivity index (χ0) is 14.1. The van der Waals surface area contributed by atoms with Crippen molar-refractivity contribution in [2.45, 2.75) is 6.54 Å². The van der Waals surface area contributed by atoms with Crippen molar-refractivity contribution < 1.29 is 0 Å². The third-order valence-corrected chi connectivity index (χ3v) is 4.63. The molecular weight excluding hydrogens is 409 g/mol. The molecule has 0 saturated heterocycles. The molecule has 0 aliphatic carbocycles. The maximum atomic E-state index is 11.8.